The third kappa shape index (κ3) is 2.16. The number of benzene rings is 1. The third-order valence-corrected chi connectivity index (χ3v) is 3.23. The Balaban J connectivity index is 1.95. The first-order valence-electron chi connectivity index (χ1n) is 6.33. The van der Waals surface area contributed by atoms with Crippen molar-refractivity contribution in [2.45, 2.75) is 20.4 Å². The zero-order valence-corrected chi connectivity index (χ0v) is 11.3. The lowest BCUT2D eigenvalue weighted by atomic mass is 10.2. The van der Waals surface area contributed by atoms with Crippen LogP contribution in [-0.2, 0) is 6.54 Å². The summed E-state index contributed by atoms with van der Waals surface area (Å²) in [5, 5.41) is 8.16. The van der Waals surface area contributed by atoms with Crippen molar-refractivity contribution in [3.8, 4) is 0 Å². The van der Waals surface area contributed by atoms with E-state index in [9.17, 15) is 0 Å². The summed E-state index contributed by atoms with van der Waals surface area (Å²) in [6, 6.07) is 7.74. The van der Waals surface area contributed by atoms with Gasteiger partial charge >= 0.3 is 0 Å². The average molecular weight is 269 g/mol. The van der Waals surface area contributed by atoms with E-state index >= 15 is 0 Å². The van der Waals surface area contributed by atoms with Crippen molar-refractivity contribution in [1.29, 1.82) is 0 Å². The number of anilines is 2. The molecule has 0 aliphatic rings. The van der Waals surface area contributed by atoms with E-state index in [1.54, 1.807) is 0 Å². The number of nitrogens with zero attached hydrogens (tertiary/aromatic N) is 3. The normalized spacial score (nSPS) is 10.9. The number of para-hydroxylation sites is 1. The maximum Gasteiger partial charge on any atom is 0.222 e. The van der Waals surface area contributed by atoms with Crippen LogP contribution in [0.4, 0.5) is 11.8 Å². The molecule has 0 amide bonds. The van der Waals surface area contributed by atoms with Crippen LogP contribution in [0.25, 0.3) is 10.9 Å². The first-order valence-corrected chi connectivity index (χ1v) is 6.33. The molecule has 0 saturated heterocycles. The van der Waals surface area contributed by atoms with Crippen molar-refractivity contribution >= 4 is 22.7 Å². The van der Waals surface area contributed by atoms with Gasteiger partial charge in [-0.3, -0.25) is 0 Å². The zero-order valence-electron chi connectivity index (χ0n) is 11.3. The number of nitrogens with one attached hydrogen (secondary N) is 1. The summed E-state index contributed by atoms with van der Waals surface area (Å²) in [5.41, 5.74) is 8.47. The van der Waals surface area contributed by atoms with Crippen molar-refractivity contribution in [2.24, 2.45) is 0 Å². The topological polar surface area (TPSA) is 89.9 Å². The molecule has 2 aromatic heterocycles. The number of aryl methyl sites for hydroxylation is 2. The standard InChI is InChI=1S/C14H15N5O/c1-8-11(9(2)20-19-8)7-16-13-10-5-3-4-6-12(10)17-14(15)18-13/h3-6H,7H2,1-2H3,(H3,15,16,17,18). The molecule has 3 N–H and O–H groups in total. The number of hydrogen-bond acceptors (Lipinski definition) is 6. The summed E-state index contributed by atoms with van der Waals surface area (Å²) in [6.45, 7) is 4.39. The number of rotatable bonds is 3. The van der Waals surface area contributed by atoms with Gasteiger partial charge in [0.25, 0.3) is 0 Å². The Labute approximate surface area is 116 Å². The molecule has 0 spiro atoms. The molecule has 0 saturated carbocycles. The Bertz CT molecular complexity index is 746. The molecule has 3 aromatic rings. The quantitative estimate of drug-likeness (QED) is 0.759. The van der Waals surface area contributed by atoms with E-state index in [-0.39, 0.29) is 5.95 Å². The summed E-state index contributed by atoms with van der Waals surface area (Å²) >= 11 is 0. The van der Waals surface area contributed by atoms with Gasteiger partial charge in [0.15, 0.2) is 0 Å². The van der Waals surface area contributed by atoms with Crippen molar-refractivity contribution in [3.63, 3.8) is 0 Å². The minimum atomic E-state index is 0.255. The Morgan fingerprint density at radius 1 is 1.20 bits per heavy atom. The molecular formula is C14H15N5O. The fourth-order valence-corrected chi connectivity index (χ4v) is 2.16. The highest BCUT2D eigenvalue weighted by Gasteiger charge is 2.10. The van der Waals surface area contributed by atoms with E-state index in [0.29, 0.717) is 12.4 Å². The highest BCUT2D eigenvalue weighted by Crippen LogP contribution is 2.22. The molecule has 102 valence electrons. The predicted octanol–water partition coefficient (Wildman–Crippen LogP) is 2.43. The van der Waals surface area contributed by atoms with Gasteiger partial charge in [-0.25, -0.2) is 4.98 Å². The van der Waals surface area contributed by atoms with Gasteiger partial charge in [0.05, 0.1) is 11.2 Å². The summed E-state index contributed by atoms with van der Waals surface area (Å²) in [6.07, 6.45) is 0. The minimum absolute atomic E-state index is 0.255. The summed E-state index contributed by atoms with van der Waals surface area (Å²) < 4.78 is 5.15. The van der Waals surface area contributed by atoms with Gasteiger partial charge in [-0.1, -0.05) is 17.3 Å². The lowest BCUT2D eigenvalue weighted by Crippen LogP contribution is -2.06. The van der Waals surface area contributed by atoms with E-state index in [0.717, 1.165) is 27.9 Å². The molecule has 20 heavy (non-hydrogen) atoms. The largest absolute Gasteiger partial charge is 0.368 e. The van der Waals surface area contributed by atoms with Crippen molar-refractivity contribution in [2.75, 3.05) is 11.1 Å². The van der Waals surface area contributed by atoms with Crippen molar-refractivity contribution in [3.05, 3.63) is 41.3 Å². The molecular weight excluding hydrogens is 254 g/mol. The Morgan fingerprint density at radius 3 is 2.75 bits per heavy atom. The second kappa shape index (κ2) is 4.80. The van der Waals surface area contributed by atoms with E-state index in [4.69, 9.17) is 10.3 Å². The van der Waals surface area contributed by atoms with Gasteiger partial charge in [-0.2, -0.15) is 4.98 Å². The van der Waals surface area contributed by atoms with E-state index in [2.05, 4.69) is 20.4 Å². The molecule has 0 fully saturated rings. The van der Waals surface area contributed by atoms with Crippen LogP contribution in [0.3, 0.4) is 0 Å². The number of hydrogen-bond donors (Lipinski definition) is 2. The van der Waals surface area contributed by atoms with Gasteiger partial charge in [-0.05, 0) is 26.0 Å². The highest BCUT2D eigenvalue weighted by molar-refractivity contribution is 5.89. The maximum atomic E-state index is 5.74. The SMILES string of the molecule is Cc1noc(C)c1CNc1nc(N)nc2ccccc12. The Hall–Kier alpha value is -2.63. The van der Waals surface area contributed by atoms with Crippen LogP contribution in [-0.4, -0.2) is 15.1 Å². The summed E-state index contributed by atoms with van der Waals surface area (Å²) in [5.74, 6) is 1.78. The number of nitrogen functional groups attached to an aromatic ring is 1. The van der Waals surface area contributed by atoms with Crippen LogP contribution >= 0.6 is 0 Å². The zero-order chi connectivity index (χ0) is 14.1. The van der Waals surface area contributed by atoms with Crippen LogP contribution in [0.5, 0.6) is 0 Å². The molecule has 6 heteroatoms. The monoisotopic (exact) mass is 269 g/mol. The molecule has 2 heterocycles. The predicted molar refractivity (Wildman–Crippen MR) is 77.3 cm³/mol. The Morgan fingerprint density at radius 2 is 2.00 bits per heavy atom. The average Bonchev–Trinajstić information content (AvgIpc) is 2.75. The molecule has 0 atom stereocenters. The van der Waals surface area contributed by atoms with E-state index in [1.807, 2.05) is 38.1 Å². The van der Waals surface area contributed by atoms with Gasteiger partial charge in [-0.15, -0.1) is 0 Å². The minimum Gasteiger partial charge on any atom is -0.368 e. The fraction of sp³-hybridized carbons (Fsp3) is 0.214. The number of aromatic nitrogens is 3. The lowest BCUT2D eigenvalue weighted by Gasteiger charge is -2.09. The lowest BCUT2D eigenvalue weighted by molar-refractivity contribution is 0.392. The van der Waals surface area contributed by atoms with Crippen LogP contribution in [0.1, 0.15) is 17.0 Å². The van der Waals surface area contributed by atoms with E-state index in [1.165, 1.54) is 0 Å². The molecule has 0 bridgehead atoms. The second-order valence-corrected chi connectivity index (χ2v) is 4.60. The third-order valence-electron chi connectivity index (χ3n) is 3.23. The van der Waals surface area contributed by atoms with Crippen LogP contribution in [0.15, 0.2) is 28.8 Å². The summed E-state index contributed by atoms with van der Waals surface area (Å²) in [4.78, 5) is 8.48. The number of nitrogens with two attached hydrogens (primary N) is 1. The molecule has 3 rings (SSSR count). The first kappa shape index (κ1) is 12.4. The van der Waals surface area contributed by atoms with Gasteiger partial charge in [0, 0.05) is 17.5 Å². The van der Waals surface area contributed by atoms with Gasteiger partial charge in [0.2, 0.25) is 5.95 Å². The van der Waals surface area contributed by atoms with Crippen molar-refractivity contribution in [1.82, 2.24) is 15.1 Å². The van der Waals surface area contributed by atoms with Gasteiger partial charge in [0.1, 0.15) is 11.6 Å². The molecule has 6 nitrogen and oxygen atoms in total. The van der Waals surface area contributed by atoms with Crippen LogP contribution < -0.4 is 11.1 Å². The number of fused-ring (bicyclic) bond motifs is 1. The molecule has 0 radical (unpaired) electrons. The first-order chi connectivity index (χ1) is 9.65. The van der Waals surface area contributed by atoms with Gasteiger partial charge < -0.3 is 15.6 Å². The molecule has 0 aliphatic heterocycles. The molecule has 0 unspecified atom stereocenters. The fourth-order valence-electron chi connectivity index (χ4n) is 2.16. The molecule has 0 aliphatic carbocycles. The van der Waals surface area contributed by atoms with Crippen LogP contribution in [0, 0.1) is 13.8 Å². The Kier molecular flexibility index (Phi) is 2.98. The van der Waals surface area contributed by atoms with Crippen molar-refractivity contribution < 1.29 is 4.52 Å². The maximum absolute atomic E-state index is 5.74. The summed E-state index contributed by atoms with van der Waals surface area (Å²) in [7, 11) is 0. The highest BCUT2D eigenvalue weighted by atomic mass is 16.5. The van der Waals surface area contributed by atoms with E-state index < -0.39 is 0 Å². The molecule has 1 aromatic carbocycles. The smallest absolute Gasteiger partial charge is 0.222 e. The van der Waals surface area contributed by atoms with Crippen LogP contribution in [0.2, 0.25) is 0 Å². The second-order valence-electron chi connectivity index (χ2n) is 4.60.